The molecular weight excluding hydrogens is 328 g/mol. The fourth-order valence-corrected chi connectivity index (χ4v) is 3.92. The predicted molar refractivity (Wildman–Crippen MR) is 98.9 cm³/mol. The van der Waals surface area contributed by atoms with Crippen LogP contribution in [0.2, 0.25) is 0 Å². The molecule has 6 nitrogen and oxygen atoms in total. The summed E-state index contributed by atoms with van der Waals surface area (Å²) < 4.78 is 0. The van der Waals surface area contributed by atoms with E-state index in [1.807, 2.05) is 53.2 Å². The van der Waals surface area contributed by atoms with Crippen molar-refractivity contribution in [1.29, 1.82) is 0 Å². The Balaban J connectivity index is 1.56. The number of para-hydroxylation sites is 1. The largest absolute Gasteiger partial charge is 0.335 e. The summed E-state index contributed by atoms with van der Waals surface area (Å²) in [6.45, 7) is 2.24. The van der Waals surface area contributed by atoms with Gasteiger partial charge in [-0.25, -0.2) is 0 Å². The molecule has 2 fully saturated rings. The van der Waals surface area contributed by atoms with Gasteiger partial charge < -0.3 is 9.80 Å². The lowest BCUT2D eigenvalue weighted by Crippen LogP contribution is -2.64. The second-order valence-corrected chi connectivity index (χ2v) is 7.09. The molecule has 0 radical (unpaired) electrons. The number of aromatic nitrogens is 1. The molecule has 2 amide bonds. The second kappa shape index (κ2) is 6.53. The molecule has 3 heterocycles. The maximum Gasteiger partial charge on any atom is 0.272 e. The molecule has 1 atom stereocenters. The number of carbonyl (C=O) groups excluding carboxylic acids is 2. The standard InChI is InChI=1S/C20H22N4O2/c1-22-13-18(25)24(16-7-3-2-4-8-16)15-20(22)10-12-23(14-20)19(26)17-9-5-6-11-21-17/h2-9,11H,10,12-15H2,1H3/t20-/m1/s1. The molecule has 0 saturated carbocycles. The van der Waals surface area contributed by atoms with Crippen LogP contribution in [0.4, 0.5) is 5.69 Å². The molecule has 0 N–H and O–H groups in total. The van der Waals surface area contributed by atoms with Crippen LogP contribution in [-0.2, 0) is 4.79 Å². The van der Waals surface area contributed by atoms with Crippen LogP contribution >= 0.6 is 0 Å². The minimum Gasteiger partial charge on any atom is -0.335 e. The highest BCUT2D eigenvalue weighted by molar-refractivity contribution is 5.96. The van der Waals surface area contributed by atoms with Crippen molar-refractivity contribution in [3.63, 3.8) is 0 Å². The molecule has 0 unspecified atom stereocenters. The lowest BCUT2D eigenvalue weighted by molar-refractivity contribution is -0.123. The lowest BCUT2D eigenvalue weighted by Gasteiger charge is -2.46. The monoisotopic (exact) mass is 350 g/mol. The van der Waals surface area contributed by atoms with Gasteiger partial charge in [0.2, 0.25) is 5.91 Å². The molecule has 134 valence electrons. The summed E-state index contributed by atoms with van der Waals surface area (Å²) in [6.07, 6.45) is 2.49. The maximum atomic E-state index is 12.8. The van der Waals surface area contributed by atoms with E-state index < -0.39 is 0 Å². The van der Waals surface area contributed by atoms with Crippen molar-refractivity contribution in [2.75, 3.05) is 38.1 Å². The van der Waals surface area contributed by atoms with Crippen molar-refractivity contribution in [3.8, 4) is 0 Å². The van der Waals surface area contributed by atoms with E-state index in [4.69, 9.17) is 0 Å². The number of hydrogen-bond donors (Lipinski definition) is 0. The normalized spacial score (nSPS) is 23.7. The van der Waals surface area contributed by atoms with E-state index in [-0.39, 0.29) is 17.4 Å². The SMILES string of the molecule is CN1CC(=O)N(c2ccccc2)C[C@]12CCN(C(=O)c1ccccn1)C2. The van der Waals surface area contributed by atoms with Gasteiger partial charge >= 0.3 is 0 Å². The van der Waals surface area contributed by atoms with Crippen LogP contribution in [0.5, 0.6) is 0 Å². The van der Waals surface area contributed by atoms with E-state index in [0.29, 0.717) is 31.9 Å². The molecule has 1 aromatic carbocycles. The van der Waals surface area contributed by atoms with Crippen LogP contribution < -0.4 is 4.90 Å². The highest BCUT2D eigenvalue weighted by Gasteiger charge is 2.48. The van der Waals surface area contributed by atoms with Crippen molar-refractivity contribution in [2.45, 2.75) is 12.0 Å². The molecule has 26 heavy (non-hydrogen) atoms. The number of anilines is 1. The first-order valence-electron chi connectivity index (χ1n) is 8.86. The van der Waals surface area contributed by atoms with Crippen LogP contribution in [0.15, 0.2) is 54.7 Å². The Morgan fingerprint density at radius 3 is 2.58 bits per heavy atom. The smallest absolute Gasteiger partial charge is 0.272 e. The van der Waals surface area contributed by atoms with E-state index >= 15 is 0 Å². The van der Waals surface area contributed by atoms with Gasteiger partial charge in [-0.2, -0.15) is 0 Å². The average molecular weight is 350 g/mol. The van der Waals surface area contributed by atoms with E-state index in [9.17, 15) is 9.59 Å². The molecule has 2 aliphatic heterocycles. The molecule has 1 aromatic heterocycles. The number of likely N-dealkylation sites (N-methyl/N-ethyl adjacent to an activating group) is 1. The van der Waals surface area contributed by atoms with E-state index in [1.54, 1.807) is 18.3 Å². The summed E-state index contributed by atoms with van der Waals surface area (Å²) in [5.74, 6) is 0.0536. The number of pyridine rings is 1. The topological polar surface area (TPSA) is 56.8 Å². The fourth-order valence-electron chi connectivity index (χ4n) is 3.92. The van der Waals surface area contributed by atoms with Crippen LogP contribution in [0.25, 0.3) is 0 Å². The molecule has 2 aromatic rings. The van der Waals surface area contributed by atoms with Crippen LogP contribution in [0, 0.1) is 0 Å². The summed E-state index contributed by atoms with van der Waals surface area (Å²) in [4.78, 5) is 35.3. The first-order valence-corrected chi connectivity index (χ1v) is 8.86. The van der Waals surface area contributed by atoms with Crippen molar-refractivity contribution < 1.29 is 9.59 Å². The second-order valence-electron chi connectivity index (χ2n) is 7.09. The average Bonchev–Trinajstić information content (AvgIpc) is 3.11. The van der Waals surface area contributed by atoms with Gasteiger partial charge in [0.15, 0.2) is 0 Å². The van der Waals surface area contributed by atoms with Gasteiger partial charge in [0.1, 0.15) is 5.69 Å². The number of amides is 2. The van der Waals surface area contributed by atoms with Crippen molar-refractivity contribution in [3.05, 3.63) is 60.4 Å². The zero-order chi connectivity index (χ0) is 18.1. The molecule has 6 heteroatoms. The fraction of sp³-hybridized carbons (Fsp3) is 0.350. The van der Waals surface area contributed by atoms with Gasteiger partial charge in [0.05, 0.1) is 12.1 Å². The third-order valence-electron chi connectivity index (χ3n) is 5.51. The van der Waals surface area contributed by atoms with Crippen molar-refractivity contribution in [1.82, 2.24) is 14.8 Å². The van der Waals surface area contributed by atoms with Crippen LogP contribution in [-0.4, -0.2) is 65.4 Å². The Kier molecular flexibility index (Phi) is 4.20. The summed E-state index contributed by atoms with van der Waals surface area (Å²) >= 11 is 0. The third-order valence-corrected chi connectivity index (χ3v) is 5.51. The minimum atomic E-state index is -0.214. The predicted octanol–water partition coefficient (Wildman–Crippen LogP) is 1.64. The van der Waals surface area contributed by atoms with Gasteiger partial charge in [0, 0.05) is 31.5 Å². The number of likely N-dealkylation sites (tertiary alicyclic amines) is 1. The number of carbonyl (C=O) groups is 2. The molecule has 2 aliphatic rings. The quantitative estimate of drug-likeness (QED) is 0.826. The van der Waals surface area contributed by atoms with E-state index in [2.05, 4.69) is 9.88 Å². The number of hydrogen-bond acceptors (Lipinski definition) is 4. The number of rotatable bonds is 2. The Morgan fingerprint density at radius 1 is 1.08 bits per heavy atom. The van der Waals surface area contributed by atoms with Gasteiger partial charge in [-0.3, -0.25) is 19.5 Å². The lowest BCUT2D eigenvalue weighted by atomic mass is 9.92. The highest BCUT2D eigenvalue weighted by atomic mass is 16.2. The van der Waals surface area contributed by atoms with Crippen molar-refractivity contribution >= 4 is 17.5 Å². The highest BCUT2D eigenvalue weighted by Crippen LogP contribution is 2.33. The van der Waals surface area contributed by atoms with E-state index in [0.717, 1.165) is 12.1 Å². The van der Waals surface area contributed by atoms with Crippen LogP contribution in [0.1, 0.15) is 16.9 Å². The Morgan fingerprint density at radius 2 is 1.85 bits per heavy atom. The summed E-state index contributed by atoms with van der Waals surface area (Å²) in [5, 5.41) is 0. The number of piperazine rings is 1. The Bertz CT molecular complexity index is 811. The molecule has 2 saturated heterocycles. The summed E-state index contributed by atoms with van der Waals surface area (Å²) in [5.41, 5.74) is 1.17. The molecule has 0 bridgehead atoms. The summed E-state index contributed by atoms with van der Waals surface area (Å²) in [6, 6.07) is 15.1. The zero-order valence-electron chi connectivity index (χ0n) is 14.8. The number of nitrogens with zero attached hydrogens (tertiary/aromatic N) is 4. The van der Waals surface area contributed by atoms with Gasteiger partial charge in [0.25, 0.3) is 5.91 Å². The Labute approximate surface area is 153 Å². The van der Waals surface area contributed by atoms with Gasteiger partial charge in [-0.1, -0.05) is 24.3 Å². The Hall–Kier alpha value is -2.73. The molecule has 1 spiro atoms. The first kappa shape index (κ1) is 16.7. The third kappa shape index (κ3) is 2.86. The number of benzene rings is 1. The molecular formula is C20H22N4O2. The van der Waals surface area contributed by atoms with Gasteiger partial charge in [-0.15, -0.1) is 0 Å². The summed E-state index contributed by atoms with van der Waals surface area (Å²) in [7, 11) is 1.98. The van der Waals surface area contributed by atoms with Crippen LogP contribution in [0.3, 0.4) is 0 Å². The van der Waals surface area contributed by atoms with E-state index in [1.165, 1.54) is 0 Å². The molecule has 4 rings (SSSR count). The maximum absolute atomic E-state index is 12.8. The minimum absolute atomic E-state index is 0.0426. The van der Waals surface area contributed by atoms with Gasteiger partial charge in [-0.05, 0) is 37.7 Å². The first-order chi connectivity index (χ1) is 12.6. The molecule has 0 aliphatic carbocycles. The zero-order valence-corrected chi connectivity index (χ0v) is 14.8. The van der Waals surface area contributed by atoms with Crippen molar-refractivity contribution in [2.24, 2.45) is 0 Å².